The van der Waals surface area contributed by atoms with Gasteiger partial charge >= 0.3 is 0 Å². The number of aromatic nitrogens is 2. The molecule has 2 heterocycles. The van der Waals surface area contributed by atoms with Gasteiger partial charge < -0.3 is 4.57 Å². The standard InChI is InChI=1S/C17H21N3S/c1-2-7-20-16-4-3-14(12-18)10-15(16)19-17(20)11-13-5-8-21-9-6-13/h3-4,10,13H,2,5-9,11H2,1H3. The number of hydrogen-bond acceptors (Lipinski definition) is 3. The predicted molar refractivity (Wildman–Crippen MR) is 88.5 cm³/mol. The van der Waals surface area contributed by atoms with Crippen molar-refractivity contribution in [3.05, 3.63) is 29.6 Å². The van der Waals surface area contributed by atoms with Crippen LogP contribution in [0.4, 0.5) is 0 Å². The zero-order valence-electron chi connectivity index (χ0n) is 12.5. The average molecular weight is 299 g/mol. The van der Waals surface area contributed by atoms with Crippen LogP contribution in [0.1, 0.15) is 37.6 Å². The Morgan fingerprint density at radius 2 is 2.19 bits per heavy atom. The number of fused-ring (bicyclic) bond motifs is 1. The van der Waals surface area contributed by atoms with Crippen molar-refractivity contribution in [1.29, 1.82) is 5.26 Å². The van der Waals surface area contributed by atoms with E-state index in [1.807, 2.05) is 12.1 Å². The molecule has 0 N–H and O–H groups in total. The second-order valence-electron chi connectivity index (χ2n) is 5.75. The van der Waals surface area contributed by atoms with Crippen molar-refractivity contribution in [1.82, 2.24) is 9.55 Å². The molecule has 4 heteroatoms. The summed E-state index contributed by atoms with van der Waals surface area (Å²) < 4.78 is 2.36. The minimum absolute atomic E-state index is 0.698. The predicted octanol–water partition coefficient (Wildman–Crippen LogP) is 4.00. The van der Waals surface area contributed by atoms with E-state index >= 15 is 0 Å². The number of benzene rings is 1. The first-order chi connectivity index (χ1) is 10.3. The summed E-state index contributed by atoms with van der Waals surface area (Å²) in [7, 11) is 0. The molecule has 3 nitrogen and oxygen atoms in total. The summed E-state index contributed by atoms with van der Waals surface area (Å²) in [5.74, 6) is 4.56. The second kappa shape index (κ2) is 6.53. The number of thioether (sulfide) groups is 1. The lowest BCUT2D eigenvalue weighted by Gasteiger charge is -2.21. The number of nitrogens with zero attached hydrogens (tertiary/aromatic N) is 3. The summed E-state index contributed by atoms with van der Waals surface area (Å²) in [4.78, 5) is 4.84. The third-order valence-corrected chi connectivity index (χ3v) is 5.26. The fraction of sp³-hybridized carbons (Fsp3) is 0.529. The van der Waals surface area contributed by atoms with E-state index in [1.165, 1.54) is 35.7 Å². The Labute approximate surface area is 130 Å². The lowest BCUT2D eigenvalue weighted by atomic mass is 9.98. The fourth-order valence-electron chi connectivity index (χ4n) is 3.09. The van der Waals surface area contributed by atoms with Gasteiger partial charge in [-0.05, 0) is 54.9 Å². The van der Waals surface area contributed by atoms with Crippen LogP contribution < -0.4 is 0 Å². The van der Waals surface area contributed by atoms with Crippen molar-refractivity contribution in [2.75, 3.05) is 11.5 Å². The zero-order chi connectivity index (χ0) is 14.7. The Balaban J connectivity index is 1.95. The molecule has 110 valence electrons. The van der Waals surface area contributed by atoms with Gasteiger partial charge in [-0.2, -0.15) is 17.0 Å². The van der Waals surface area contributed by atoms with Crippen LogP contribution in [-0.4, -0.2) is 21.1 Å². The van der Waals surface area contributed by atoms with E-state index in [9.17, 15) is 0 Å². The molecule has 3 rings (SSSR count). The van der Waals surface area contributed by atoms with Gasteiger partial charge in [-0.3, -0.25) is 0 Å². The molecule has 2 aromatic rings. The van der Waals surface area contributed by atoms with E-state index in [-0.39, 0.29) is 0 Å². The monoisotopic (exact) mass is 299 g/mol. The van der Waals surface area contributed by atoms with Gasteiger partial charge in [0.25, 0.3) is 0 Å². The highest BCUT2D eigenvalue weighted by atomic mass is 32.2. The van der Waals surface area contributed by atoms with Gasteiger partial charge in [0.2, 0.25) is 0 Å². The molecule has 0 saturated carbocycles. The number of aryl methyl sites for hydroxylation is 1. The van der Waals surface area contributed by atoms with Crippen LogP contribution in [0.25, 0.3) is 11.0 Å². The van der Waals surface area contributed by atoms with E-state index in [4.69, 9.17) is 10.2 Å². The Morgan fingerprint density at radius 3 is 2.90 bits per heavy atom. The number of hydrogen-bond donors (Lipinski definition) is 0. The van der Waals surface area contributed by atoms with Crippen LogP contribution in [0.15, 0.2) is 18.2 Å². The number of imidazole rings is 1. The van der Waals surface area contributed by atoms with Crippen LogP contribution in [0.2, 0.25) is 0 Å². The Hall–Kier alpha value is -1.47. The van der Waals surface area contributed by atoms with Crippen molar-refractivity contribution >= 4 is 22.8 Å². The molecule has 1 saturated heterocycles. The first kappa shape index (κ1) is 14.5. The van der Waals surface area contributed by atoms with Gasteiger partial charge in [-0.25, -0.2) is 4.98 Å². The summed E-state index contributed by atoms with van der Waals surface area (Å²) in [5, 5.41) is 9.05. The molecule has 0 atom stereocenters. The van der Waals surface area contributed by atoms with Crippen LogP contribution in [0.3, 0.4) is 0 Å². The van der Waals surface area contributed by atoms with E-state index in [0.717, 1.165) is 30.8 Å². The van der Waals surface area contributed by atoms with Crippen molar-refractivity contribution in [3.8, 4) is 6.07 Å². The van der Waals surface area contributed by atoms with E-state index in [0.29, 0.717) is 5.56 Å². The SMILES string of the molecule is CCCn1c(CC2CCSCC2)nc2cc(C#N)ccc21. The third-order valence-electron chi connectivity index (χ3n) is 4.22. The van der Waals surface area contributed by atoms with Crippen LogP contribution in [0, 0.1) is 17.2 Å². The van der Waals surface area contributed by atoms with Crippen molar-refractivity contribution in [3.63, 3.8) is 0 Å². The van der Waals surface area contributed by atoms with Gasteiger partial charge in [0.1, 0.15) is 5.82 Å². The second-order valence-corrected chi connectivity index (χ2v) is 6.98. The molecule has 1 fully saturated rings. The number of nitriles is 1. The Morgan fingerprint density at radius 1 is 1.38 bits per heavy atom. The summed E-state index contributed by atoms with van der Waals surface area (Å²) in [6, 6.07) is 8.08. The molecule has 1 aliphatic heterocycles. The minimum atomic E-state index is 0.698. The van der Waals surface area contributed by atoms with Gasteiger partial charge in [0.15, 0.2) is 0 Å². The summed E-state index contributed by atoms with van der Waals surface area (Å²) in [5.41, 5.74) is 2.85. The Bertz CT molecular complexity index is 662. The van der Waals surface area contributed by atoms with Gasteiger partial charge in [-0.1, -0.05) is 6.92 Å². The summed E-state index contributed by atoms with van der Waals surface area (Å²) >= 11 is 2.07. The highest BCUT2D eigenvalue weighted by Gasteiger charge is 2.18. The lowest BCUT2D eigenvalue weighted by molar-refractivity contribution is 0.464. The molecule has 0 amide bonds. The molecule has 0 spiro atoms. The van der Waals surface area contributed by atoms with E-state index in [2.05, 4.69) is 35.4 Å². The normalized spacial score (nSPS) is 16.2. The molecule has 21 heavy (non-hydrogen) atoms. The molecule has 0 unspecified atom stereocenters. The summed E-state index contributed by atoms with van der Waals surface area (Å²) in [6.45, 7) is 3.22. The van der Waals surface area contributed by atoms with Crippen molar-refractivity contribution < 1.29 is 0 Å². The molecular formula is C17H21N3S. The van der Waals surface area contributed by atoms with Gasteiger partial charge in [0, 0.05) is 13.0 Å². The molecule has 1 aromatic carbocycles. The maximum Gasteiger partial charge on any atom is 0.110 e. The molecule has 0 aliphatic carbocycles. The molecule has 0 bridgehead atoms. The maximum atomic E-state index is 9.05. The third kappa shape index (κ3) is 3.08. The van der Waals surface area contributed by atoms with Crippen LogP contribution in [0.5, 0.6) is 0 Å². The first-order valence-corrected chi connectivity index (χ1v) is 8.94. The van der Waals surface area contributed by atoms with Gasteiger partial charge in [-0.15, -0.1) is 0 Å². The highest BCUT2D eigenvalue weighted by Crippen LogP contribution is 2.27. The van der Waals surface area contributed by atoms with E-state index in [1.54, 1.807) is 0 Å². The maximum absolute atomic E-state index is 9.05. The highest BCUT2D eigenvalue weighted by molar-refractivity contribution is 7.99. The summed E-state index contributed by atoms with van der Waals surface area (Å²) in [6.07, 6.45) is 4.81. The Kier molecular flexibility index (Phi) is 4.50. The van der Waals surface area contributed by atoms with E-state index < -0.39 is 0 Å². The number of rotatable bonds is 4. The molecular weight excluding hydrogens is 278 g/mol. The van der Waals surface area contributed by atoms with Crippen molar-refractivity contribution in [2.24, 2.45) is 5.92 Å². The molecule has 1 aromatic heterocycles. The average Bonchev–Trinajstić information content (AvgIpc) is 2.85. The topological polar surface area (TPSA) is 41.6 Å². The quantitative estimate of drug-likeness (QED) is 0.856. The van der Waals surface area contributed by atoms with Crippen LogP contribution in [-0.2, 0) is 13.0 Å². The van der Waals surface area contributed by atoms with Gasteiger partial charge in [0.05, 0.1) is 22.7 Å². The fourth-order valence-corrected chi connectivity index (χ4v) is 4.29. The largest absolute Gasteiger partial charge is 0.328 e. The smallest absolute Gasteiger partial charge is 0.110 e. The molecule has 0 radical (unpaired) electrons. The first-order valence-electron chi connectivity index (χ1n) is 7.79. The zero-order valence-corrected chi connectivity index (χ0v) is 13.3. The van der Waals surface area contributed by atoms with Crippen LogP contribution >= 0.6 is 11.8 Å². The molecule has 1 aliphatic rings. The van der Waals surface area contributed by atoms with Crippen molar-refractivity contribution in [2.45, 2.75) is 39.2 Å². The lowest BCUT2D eigenvalue weighted by Crippen LogP contribution is -2.15. The minimum Gasteiger partial charge on any atom is -0.328 e.